The predicted molar refractivity (Wildman–Crippen MR) is 65.5 cm³/mol. The molecule has 0 bridgehead atoms. The van der Waals surface area contributed by atoms with Crippen molar-refractivity contribution >= 4 is 23.2 Å². The first kappa shape index (κ1) is 10.5. The van der Waals surface area contributed by atoms with E-state index in [2.05, 4.69) is 6.07 Å². The number of aryl methyl sites for hydroxylation is 1. The van der Waals surface area contributed by atoms with Gasteiger partial charge in [0.25, 0.3) is 0 Å². The number of hydrogen-bond acceptors (Lipinski definition) is 0. The molecule has 0 fully saturated rings. The summed E-state index contributed by atoms with van der Waals surface area (Å²) in [5, 5.41) is 1.44. The molecule has 2 aromatic carbocycles. The van der Waals surface area contributed by atoms with Crippen molar-refractivity contribution in [3.63, 3.8) is 0 Å². The lowest BCUT2D eigenvalue weighted by Gasteiger charge is -2.06. The van der Waals surface area contributed by atoms with Crippen molar-refractivity contribution in [3.05, 3.63) is 58.1 Å². The number of halogens is 2. The highest BCUT2D eigenvalue weighted by atomic mass is 35.5. The van der Waals surface area contributed by atoms with E-state index in [1.807, 2.05) is 43.3 Å². The van der Waals surface area contributed by atoms with Gasteiger partial charge in [-0.2, -0.15) is 0 Å². The van der Waals surface area contributed by atoms with E-state index in [1.54, 1.807) is 0 Å². The Labute approximate surface area is 99.5 Å². The van der Waals surface area contributed by atoms with Crippen molar-refractivity contribution in [1.82, 2.24) is 0 Å². The van der Waals surface area contributed by atoms with Gasteiger partial charge in [0.15, 0.2) is 0 Å². The summed E-state index contributed by atoms with van der Waals surface area (Å²) in [6.07, 6.45) is 0. The zero-order valence-electron chi connectivity index (χ0n) is 8.22. The molecule has 2 rings (SSSR count). The second-order valence-corrected chi connectivity index (χ2v) is 4.25. The van der Waals surface area contributed by atoms with Gasteiger partial charge in [0.05, 0.1) is 0 Å². The summed E-state index contributed by atoms with van der Waals surface area (Å²) in [7, 11) is 0. The van der Waals surface area contributed by atoms with Crippen LogP contribution in [0.3, 0.4) is 0 Å². The minimum Gasteiger partial charge on any atom is -0.0843 e. The Morgan fingerprint density at radius 2 is 1.73 bits per heavy atom. The van der Waals surface area contributed by atoms with Crippen LogP contribution in [0.2, 0.25) is 10.0 Å². The third kappa shape index (κ3) is 2.34. The molecule has 0 unspecified atom stereocenters. The number of rotatable bonds is 1. The molecule has 0 atom stereocenters. The highest BCUT2D eigenvalue weighted by molar-refractivity contribution is 6.31. The first-order valence-electron chi connectivity index (χ1n) is 4.60. The molecule has 1 radical (unpaired) electrons. The van der Waals surface area contributed by atoms with Crippen LogP contribution in [0.25, 0.3) is 11.1 Å². The molecule has 75 valence electrons. The van der Waals surface area contributed by atoms with Crippen LogP contribution in [0.5, 0.6) is 0 Å². The first-order chi connectivity index (χ1) is 7.16. The summed E-state index contributed by atoms with van der Waals surface area (Å²) in [6, 6.07) is 14.5. The first-order valence-corrected chi connectivity index (χ1v) is 5.36. The molecule has 15 heavy (non-hydrogen) atoms. The summed E-state index contributed by atoms with van der Waals surface area (Å²) in [4.78, 5) is 0. The van der Waals surface area contributed by atoms with Crippen molar-refractivity contribution in [3.8, 4) is 11.1 Å². The minimum atomic E-state index is 0.711. The lowest BCUT2D eigenvalue weighted by molar-refractivity contribution is 1.46. The van der Waals surface area contributed by atoms with Crippen LogP contribution in [0.4, 0.5) is 0 Å². The van der Waals surface area contributed by atoms with E-state index in [4.69, 9.17) is 23.2 Å². The molecule has 0 aliphatic carbocycles. The molecular formula is C13H9Cl2. The van der Waals surface area contributed by atoms with Crippen LogP contribution in [0, 0.1) is 13.0 Å². The van der Waals surface area contributed by atoms with Gasteiger partial charge in [-0.3, -0.25) is 0 Å². The van der Waals surface area contributed by atoms with E-state index in [9.17, 15) is 0 Å². The van der Waals surface area contributed by atoms with Gasteiger partial charge < -0.3 is 0 Å². The van der Waals surface area contributed by atoms with Gasteiger partial charge in [-0.25, -0.2) is 0 Å². The van der Waals surface area contributed by atoms with Gasteiger partial charge >= 0.3 is 0 Å². The molecule has 0 aliphatic rings. The maximum absolute atomic E-state index is 5.96. The Bertz CT molecular complexity index is 490. The van der Waals surface area contributed by atoms with Crippen LogP contribution in [-0.4, -0.2) is 0 Å². The maximum Gasteiger partial charge on any atom is 0.0412 e. The molecule has 2 heteroatoms. The van der Waals surface area contributed by atoms with Crippen LogP contribution < -0.4 is 0 Å². The van der Waals surface area contributed by atoms with Crippen molar-refractivity contribution in [2.24, 2.45) is 0 Å². The molecule has 0 N–H and O–H groups in total. The maximum atomic E-state index is 5.96. The quantitative estimate of drug-likeness (QED) is 0.669. The molecule has 0 nitrogen and oxygen atoms in total. The van der Waals surface area contributed by atoms with E-state index in [1.165, 1.54) is 0 Å². The summed E-state index contributed by atoms with van der Waals surface area (Å²) in [5.41, 5.74) is 3.21. The molecule has 0 saturated carbocycles. The van der Waals surface area contributed by atoms with Gasteiger partial charge in [-0.1, -0.05) is 35.3 Å². The molecular weight excluding hydrogens is 227 g/mol. The largest absolute Gasteiger partial charge is 0.0843 e. The van der Waals surface area contributed by atoms with Crippen molar-refractivity contribution < 1.29 is 0 Å². The van der Waals surface area contributed by atoms with Crippen molar-refractivity contribution in [2.45, 2.75) is 6.92 Å². The lowest BCUT2D eigenvalue weighted by Crippen LogP contribution is -1.83. The molecule has 0 spiro atoms. The third-order valence-corrected chi connectivity index (χ3v) is 2.72. The highest BCUT2D eigenvalue weighted by Crippen LogP contribution is 2.27. The van der Waals surface area contributed by atoms with E-state index >= 15 is 0 Å². The van der Waals surface area contributed by atoms with Crippen LogP contribution in [0.1, 0.15) is 5.56 Å². The second kappa shape index (κ2) is 4.26. The number of hydrogen-bond donors (Lipinski definition) is 0. The van der Waals surface area contributed by atoms with Gasteiger partial charge in [0.2, 0.25) is 0 Å². The van der Waals surface area contributed by atoms with Crippen molar-refractivity contribution in [2.75, 3.05) is 0 Å². The Kier molecular flexibility index (Phi) is 2.99. The highest BCUT2D eigenvalue weighted by Gasteiger charge is 2.03. The van der Waals surface area contributed by atoms with Gasteiger partial charge in [0, 0.05) is 10.0 Å². The van der Waals surface area contributed by atoms with E-state index < -0.39 is 0 Å². The third-order valence-electron chi connectivity index (χ3n) is 2.25. The average Bonchev–Trinajstić information content (AvgIpc) is 2.22. The summed E-state index contributed by atoms with van der Waals surface area (Å²) in [6.45, 7) is 2.04. The van der Waals surface area contributed by atoms with E-state index in [-0.39, 0.29) is 0 Å². The fourth-order valence-electron chi connectivity index (χ4n) is 1.48. The van der Waals surface area contributed by atoms with Crippen LogP contribution in [0.15, 0.2) is 36.4 Å². The van der Waals surface area contributed by atoms with E-state index in [0.29, 0.717) is 5.02 Å². The van der Waals surface area contributed by atoms with E-state index in [0.717, 1.165) is 21.7 Å². The Balaban J connectivity index is 2.58. The fraction of sp³-hybridized carbons (Fsp3) is 0.0769. The van der Waals surface area contributed by atoms with Gasteiger partial charge in [-0.05, 0) is 53.9 Å². The molecule has 0 aliphatic heterocycles. The standard InChI is InChI=1S/C13H9Cl2/c1-9-5-6-12(15)8-13(9)10-3-2-4-11(14)7-10/h2,4-8H,1H3. The van der Waals surface area contributed by atoms with Gasteiger partial charge in [0.1, 0.15) is 0 Å². The topological polar surface area (TPSA) is 0 Å². The summed E-state index contributed by atoms with van der Waals surface area (Å²) in [5.74, 6) is 0. The van der Waals surface area contributed by atoms with Crippen molar-refractivity contribution in [1.29, 1.82) is 0 Å². The van der Waals surface area contributed by atoms with Crippen LogP contribution >= 0.6 is 23.2 Å². The molecule has 0 saturated heterocycles. The monoisotopic (exact) mass is 235 g/mol. The van der Waals surface area contributed by atoms with Crippen LogP contribution in [-0.2, 0) is 0 Å². The SMILES string of the molecule is Cc1ccc(Cl)cc1-c1[c]ccc(Cl)c1. The Morgan fingerprint density at radius 3 is 2.47 bits per heavy atom. The smallest absolute Gasteiger partial charge is 0.0412 e. The molecule has 0 heterocycles. The molecule has 0 amide bonds. The summed E-state index contributed by atoms with van der Waals surface area (Å²) < 4.78 is 0. The molecule has 0 aromatic heterocycles. The zero-order chi connectivity index (χ0) is 10.8. The molecule has 2 aromatic rings. The Morgan fingerprint density at radius 1 is 1.00 bits per heavy atom. The fourth-order valence-corrected chi connectivity index (χ4v) is 1.82. The zero-order valence-corrected chi connectivity index (χ0v) is 9.73. The Hall–Kier alpha value is -0.980. The lowest BCUT2D eigenvalue weighted by atomic mass is 10.0. The average molecular weight is 236 g/mol. The summed E-state index contributed by atoms with van der Waals surface area (Å²) >= 11 is 11.9. The normalized spacial score (nSPS) is 10.3. The predicted octanol–water partition coefficient (Wildman–Crippen LogP) is 4.77. The minimum absolute atomic E-state index is 0.711. The van der Waals surface area contributed by atoms with Gasteiger partial charge in [-0.15, -0.1) is 0 Å². The number of benzene rings is 2. The second-order valence-electron chi connectivity index (χ2n) is 3.38.